The molecule has 0 aromatic heterocycles. The van der Waals surface area contributed by atoms with Crippen molar-refractivity contribution in [3.63, 3.8) is 0 Å². The zero-order valence-corrected chi connectivity index (χ0v) is 7.52. The fraction of sp³-hybridized carbons (Fsp3) is 1.00. The van der Waals surface area contributed by atoms with Gasteiger partial charge in [0.15, 0.2) is 0 Å². The van der Waals surface area contributed by atoms with Gasteiger partial charge in [-0.05, 0) is 25.8 Å². The second-order valence-corrected chi connectivity index (χ2v) is 3.55. The van der Waals surface area contributed by atoms with Gasteiger partial charge >= 0.3 is 0 Å². The SMILES string of the molecule is CN[C@@H](C(F)F)C1CCCCC1. The molecule has 0 saturated heterocycles. The minimum atomic E-state index is -2.21. The van der Waals surface area contributed by atoms with Crippen LogP contribution >= 0.6 is 0 Å². The number of nitrogens with one attached hydrogen (secondary N) is 1. The minimum absolute atomic E-state index is 0.198. The average molecular weight is 177 g/mol. The molecule has 0 aliphatic heterocycles. The van der Waals surface area contributed by atoms with Crippen molar-refractivity contribution in [1.29, 1.82) is 0 Å². The van der Waals surface area contributed by atoms with E-state index in [0.29, 0.717) is 0 Å². The highest BCUT2D eigenvalue weighted by atomic mass is 19.3. The summed E-state index contributed by atoms with van der Waals surface area (Å²) in [6.45, 7) is 0. The monoisotopic (exact) mass is 177 g/mol. The number of alkyl halides is 2. The molecule has 0 spiro atoms. The number of hydrogen-bond acceptors (Lipinski definition) is 1. The number of hydrogen-bond donors (Lipinski definition) is 1. The molecule has 0 unspecified atom stereocenters. The van der Waals surface area contributed by atoms with Crippen molar-refractivity contribution < 1.29 is 8.78 Å². The van der Waals surface area contributed by atoms with Gasteiger partial charge in [-0.15, -0.1) is 0 Å². The molecule has 1 N–H and O–H groups in total. The highest BCUT2D eigenvalue weighted by molar-refractivity contribution is 4.79. The smallest absolute Gasteiger partial charge is 0.253 e. The summed E-state index contributed by atoms with van der Waals surface area (Å²) >= 11 is 0. The van der Waals surface area contributed by atoms with Crippen LogP contribution in [0.2, 0.25) is 0 Å². The maximum absolute atomic E-state index is 12.4. The molecule has 12 heavy (non-hydrogen) atoms. The van der Waals surface area contributed by atoms with Gasteiger partial charge in [0.25, 0.3) is 6.43 Å². The quantitative estimate of drug-likeness (QED) is 0.698. The van der Waals surface area contributed by atoms with Gasteiger partial charge in [0.05, 0.1) is 6.04 Å². The van der Waals surface area contributed by atoms with Crippen LogP contribution in [-0.2, 0) is 0 Å². The van der Waals surface area contributed by atoms with Gasteiger partial charge in [-0.3, -0.25) is 0 Å². The fourth-order valence-electron chi connectivity index (χ4n) is 2.06. The lowest BCUT2D eigenvalue weighted by Crippen LogP contribution is -2.40. The predicted octanol–water partition coefficient (Wildman–Crippen LogP) is 2.42. The van der Waals surface area contributed by atoms with Gasteiger partial charge in [0, 0.05) is 0 Å². The highest BCUT2D eigenvalue weighted by Gasteiger charge is 2.28. The molecule has 1 aliphatic rings. The Morgan fingerprint density at radius 2 is 1.75 bits per heavy atom. The van der Waals surface area contributed by atoms with E-state index in [2.05, 4.69) is 5.32 Å². The van der Waals surface area contributed by atoms with Crippen LogP contribution in [0.1, 0.15) is 32.1 Å². The second kappa shape index (κ2) is 4.75. The largest absolute Gasteiger partial charge is 0.312 e. The summed E-state index contributed by atoms with van der Waals surface area (Å²) in [5.74, 6) is 0.198. The first-order valence-electron chi connectivity index (χ1n) is 4.71. The number of rotatable bonds is 3. The van der Waals surface area contributed by atoms with Gasteiger partial charge in [-0.2, -0.15) is 0 Å². The normalized spacial score (nSPS) is 23.0. The van der Waals surface area contributed by atoms with Crippen LogP contribution in [-0.4, -0.2) is 19.5 Å². The molecule has 1 nitrogen and oxygen atoms in total. The molecule has 1 saturated carbocycles. The summed E-state index contributed by atoms with van der Waals surface area (Å²) < 4.78 is 24.8. The minimum Gasteiger partial charge on any atom is -0.312 e. The average Bonchev–Trinajstić information content (AvgIpc) is 2.07. The molecule has 72 valence electrons. The van der Waals surface area contributed by atoms with E-state index in [1.807, 2.05) is 0 Å². The summed E-state index contributed by atoms with van der Waals surface area (Å²) in [5.41, 5.74) is 0. The molecule has 0 radical (unpaired) electrons. The Morgan fingerprint density at radius 1 is 1.17 bits per heavy atom. The first-order valence-corrected chi connectivity index (χ1v) is 4.71. The predicted molar refractivity (Wildman–Crippen MR) is 45.4 cm³/mol. The zero-order valence-electron chi connectivity index (χ0n) is 7.52. The summed E-state index contributed by atoms with van der Waals surface area (Å²) in [6, 6.07) is -0.578. The molecule has 0 aromatic rings. The Bertz CT molecular complexity index is 122. The van der Waals surface area contributed by atoms with Gasteiger partial charge in [-0.1, -0.05) is 19.3 Å². The first-order chi connectivity index (χ1) is 5.75. The van der Waals surface area contributed by atoms with Crippen LogP contribution in [0.25, 0.3) is 0 Å². The van der Waals surface area contributed by atoms with E-state index >= 15 is 0 Å². The number of halogens is 2. The third-order valence-corrected chi connectivity index (χ3v) is 2.76. The van der Waals surface area contributed by atoms with E-state index in [1.54, 1.807) is 7.05 Å². The van der Waals surface area contributed by atoms with Crippen LogP contribution in [0.5, 0.6) is 0 Å². The Morgan fingerprint density at radius 3 is 2.17 bits per heavy atom. The van der Waals surface area contributed by atoms with Crippen LogP contribution in [0.4, 0.5) is 8.78 Å². The van der Waals surface area contributed by atoms with Crippen molar-refractivity contribution in [2.75, 3.05) is 7.05 Å². The van der Waals surface area contributed by atoms with Crippen LogP contribution < -0.4 is 5.32 Å². The molecule has 1 atom stereocenters. The second-order valence-electron chi connectivity index (χ2n) is 3.55. The summed E-state index contributed by atoms with van der Waals surface area (Å²) in [6.07, 6.45) is 3.19. The van der Waals surface area contributed by atoms with Crippen LogP contribution in [0.15, 0.2) is 0 Å². The molecule has 0 aromatic carbocycles. The molecular weight excluding hydrogens is 160 g/mol. The van der Waals surface area contributed by atoms with Crippen molar-refractivity contribution >= 4 is 0 Å². The van der Waals surface area contributed by atoms with Gasteiger partial charge in [-0.25, -0.2) is 8.78 Å². The molecule has 3 heteroatoms. The summed E-state index contributed by atoms with van der Waals surface area (Å²) in [5, 5.41) is 2.72. The zero-order chi connectivity index (χ0) is 8.97. The lowest BCUT2D eigenvalue weighted by molar-refractivity contribution is 0.0617. The molecule has 0 amide bonds. The fourth-order valence-corrected chi connectivity index (χ4v) is 2.06. The molecule has 1 aliphatic carbocycles. The highest BCUT2D eigenvalue weighted by Crippen LogP contribution is 2.28. The Kier molecular flexibility index (Phi) is 3.92. The topological polar surface area (TPSA) is 12.0 Å². The first kappa shape index (κ1) is 9.90. The summed E-state index contributed by atoms with van der Waals surface area (Å²) in [7, 11) is 1.63. The lowest BCUT2D eigenvalue weighted by atomic mass is 9.84. The van der Waals surface area contributed by atoms with Crippen LogP contribution in [0, 0.1) is 5.92 Å². The van der Waals surface area contributed by atoms with Crippen LogP contribution in [0.3, 0.4) is 0 Å². The molecule has 1 rings (SSSR count). The standard InChI is InChI=1S/C9H17F2N/c1-12-8(9(10)11)7-5-3-2-4-6-7/h7-9,12H,2-6H2,1H3/t8-/m1/s1. The van der Waals surface area contributed by atoms with Crippen molar-refractivity contribution in [3.05, 3.63) is 0 Å². The Labute approximate surface area is 72.5 Å². The molecule has 0 heterocycles. The third kappa shape index (κ3) is 2.41. The van der Waals surface area contributed by atoms with Crippen molar-refractivity contribution in [3.8, 4) is 0 Å². The van der Waals surface area contributed by atoms with E-state index in [4.69, 9.17) is 0 Å². The molecule has 0 bridgehead atoms. The maximum atomic E-state index is 12.4. The van der Waals surface area contributed by atoms with Gasteiger partial charge < -0.3 is 5.32 Å². The molecular formula is C9H17F2N. The Balaban J connectivity index is 2.40. The third-order valence-electron chi connectivity index (χ3n) is 2.76. The van der Waals surface area contributed by atoms with E-state index in [-0.39, 0.29) is 5.92 Å². The van der Waals surface area contributed by atoms with E-state index in [9.17, 15) is 8.78 Å². The lowest BCUT2D eigenvalue weighted by Gasteiger charge is -2.29. The van der Waals surface area contributed by atoms with Crippen molar-refractivity contribution in [1.82, 2.24) is 5.32 Å². The van der Waals surface area contributed by atoms with Crippen molar-refractivity contribution in [2.24, 2.45) is 5.92 Å². The Hall–Kier alpha value is -0.180. The summed E-state index contributed by atoms with van der Waals surface area (Å²) in [4.78, 5) is 0. The van der Waals surface area contributed by atoms with E-state index < -0.39 is 12.5 Å². The van der Waals surface area contributed by atoms with Gasteiger partial charge in [0.1, 0.15) is 0 Å². The maximum Gasteiger partial charge on any atom is 0.253 e. The van der Waals surface area contributed by atoms with E-state index in [0.717, 1.165) is 25.7 Å². The molecule has 1 fully saturated rings. The van der Waals surface area contributed by atoms with E-state index in [1.165, 1.54) is 6.42 Å². The van der Waals surface area contributed by atoms with Crippen molar-refractivity contribution in [2.45, 2.75) is 44.6 Å². The van der Waals surface area contributed by atoms with Gasteiger partial charge in [0.2, 0.25) is 0 Å².